The van der Waals surface area contributed by atoms with Crippen LogP contribution in [0.15, 0.2) is 23.7 Å². The van der Waals surface area contributed by atoms with Gasteiger partial charge in [-0.15, -0.1) is 0 Å². The largest absolute Gasteiger partial charge is 0.481 e. The van der Waals surface area contributed by atoms with Crippen LogP contribution in [0.25, 0.3) is 0 Å². The minimum Gasteiger partial charge on any atom is -0.481 e. The molecule has 0 spiro atoms. The smallest absolute Gasteiger partial charge is 0.417 e. The normalized spacial score (nSPS) is 11.5. The van der Waals surface area contributed by atoms with E-state index >= 15 is 0 Å². The highest BCUT2D eigenvalue weighted by Crippen LogP contribution is 2.31. The minimum atomic E-state index is -0.895. The number of fused-ring (bicyclic) bond motifs is 4. The molecule has 1 aromatic carbocycles. The summed E-state index contributed by atoms with van der Waals surface area (Å²) < 4.78 is 8.37. The predicted molar refractivity (Wildman–Crippen MR) is 74.0 cm³/mol. The van der Waals surface area contributed by atoms with E-state index in [4.69, 9.17) is 5.11 Å². The summed E-state index contributed by atoms with van der Waals surface area (Å²) in [7, 11) is 0. The average molecular weight is 324 g/mol. The Balaban J connectivity index is 0.000000172. The second-order valence-electron chi connectivity index (χ2n) is 3.87. The Morgan fingerprint density at radius 1 is 1.50 bits per heavy atom. The lowest BCUT2D eigenvalue weighted by atomic mass is 10.2. The van der Waals surface area contributed by atoms with E-state index in [-0.39, 0.29) is 23.5 Å². The number of hydrogen-bond donors (Lipinski definition) is 2. The first-order valence-electron chi connectivity index (χ1n) is 5.70. The second kappa shape index (κ2) is 6.58. The fourth-order valence-electron chi connectivity index (χ4n) is 1.48. The number of nitro groups is 1. The van der Waals surface area contributed by atoms with Crippen LogP contribution in [0.5, 0.6) is 5.75 Å². The number of carbonyl (C=O) groups is 2. The van der Waals surface area contributed by atoms with Crippen molar-refractivity contribution in [2.24, 2.45) is 0 Å². The number of ether oxygens (including phenoxy) is 1. The zero-order valence-corrected chi connectivity index (χ0v) is 11.6. The van der Waals surface area contributed by atoms with Gasteiger partial charge in [0, 0.05) is 0 Å². The maximum atomic E-state index is 10.8. The standard InChI is InChI=1S/C7H4N2O4.C4H4N2O2S/c10-7-8-5-2-1-4(13-7)3-6(5)9(11)12;7-4(8)1-3-5-2-9-6-3/h1-3H,(H,8,10);2H,1H2,(H,7,8). The number of carboxylic acids is 1. The van der Waals surface area contributed by atoms with Gasteiger partial charge in [0.25, 0.3) is 5.69 Å². The van der Waals surface area contributed by atoms with Crippen molar-refractivity contribution in [1.82, 2.24) is 9.36 Å². The molecule has 0 aliphatic carbocycles. The molecule has 3 heterocycles. The van der Waals surface area contributed by atoms with Gasteiger partial charge in [0.2, 0.25) is 0 Å². The first-order valence-corrected chi connectivity index (χ1v) is 6.53. The zero-order chi connectivity index (χ0) is 16.1. The van der Waals surface area contributed by atoms with E-state index < -0.39 is 17.0 Å². The SMILES string of the molecule is O=C(O)Cc1ncsn1.O=C1Nc2ccc(cc2[N+](=O)[O-])O1. The number of nitrogens with one attached hydrogen (secondary N) is 1. The Bertz CT molecular complexity index is 717. The van der Waals surface area contributed by atoms with Gasteiger partial charge in [0.15, 0.2) is 5.82 Å². The molecule has 11 heteroatoms. The molecule has 1 amide bonds. The number of benzene rings is 1. The number of aliphatic carboxylic acids is 1. The van der Waals surface area contributed by atoms with Crippen LogP contribution < -0.4 is 10.1 Å². The van der Waals surface area contributed by atoms with Crippen molar-refractivity contribution in [2.45, 2.75) is 6.42 Å². The van der Waals surface area contributed by atoms with E-state index in [1.54, 1.807) is 0 Å². The Morgan fingerprint density at radius 2 is 2.27 bits per heavy atom. The molecule has 2 aliphatic rings. The second-order valence-corrected chi connectivity index (χ2v) is 4.47. The summed E-state index contributed by atoms with van der Waals surface area (Å²) in [6.45, 7) is 0. The van der Waals surface area contributed by atoms with Crippen LogP contribution in [0, 0.1) is 10.1 Å². The number of aromatic nitrogens is 2. The summed E-state index contributed by atoms with van der Waals surface area (Å²) in [5, 5.41) is 20.9. The van der Waals surface area contributed by atoms with Crippen molar-refractivity contribution < 1.29 is 24.4 Å². The van der Waals surface area contributed by atoms with E-state index in [2.05, 4.69) is 19.4 Å². The number of nitro benzene ring substituents is 1. The molecule has 4 rings (SSSR count). The van der Waals surface area contributed by atoms with Crippen LogP contribution >= 0.6 is 11.5 Å². The molecular formula is C11H8N4O6S. The molecule has 0 saturated carbocycles. The maximum absolute atomic E-state index is 10.8. The first kappa shape index (κ1) is 15.3. The highest BCUT2D eigenvalue weighted by molar-refractivity contribution is 7.03. The molecule has 1 aromatic heterocycles. The third-order valence-electron chi connectivity index (χ3n) is 2.33. The van der Waals surface area contributed by atoms with Gasteiger partial charge >= 0.3 is 12.1 Å². The van der Waals surface area contributed by atoms with Gasteiger partial charge in [-0.25, -0.2) is 9.78 Å². The van der Waals surface area contributed by atoms with Crippen molar-refractivity contribution >= 4 is 35.0 Å². The number of carbonyl (C=O) groups excluding carboxylic acids is 1. The van der Waals surface area contributed by atoms with Crippen LogP contribution in [0.4, 0.5) is 16.2 Å². The molecule has 2 aliphatic heterocycles. The third kappa shape index (κ3) is 3.96. The van der Waals surface area contributed by atoms with E-state index in [0.717, 1.165) is 11.5 Å². The monoisotopic (exact) mass is 324 g/mol. The number of anilines is 1. The number of rotatable bonds is 3. The van der Waals surface area contributed by atoms with Crippen molar-refractivity contribution in [3.05, 3.63) is 39.6 Å². The van der Waals surface area contributed by atoms with E-state index in [9.17, 15) is 19.7 Å². The van der Waals surface area contributed by atoms with E-state index in [1.807, 2.05) is 0 Å². The lowest BCUT2D eigenvalue weighted by Gasteiger charge is -1.96. The quantitative estimate of drug-likeness (QED) is 0.640. The van der Waals surface area contributed by atoms with Gasteiger partial charge in [-0.05, 0) is 23.7 Å². The molecule has 22 heavy (non-hydrogen) atoms. The van der Waals surface area contributed by atoms with E-state index in [0.29, 0.717) is 5.82 Å². The summed E-state index contributed by atoms with van der Waals surface area (Å²) in [5.41, 5.74) is 1.50. The van der Waals surface area contributed by atoms with Gasteiger partial charge in [-0.1, -0.05) is 0 Å². The molecule has 0 atom stereocenters. The summed E-state index contributed by atoms with van der Waals surface area (Å²) in [4.78, 5) is 34.4. The lowest BCUT2D eigenvalue weighted by Crippen LogP contribution is -2.13. The van der Waals surface area contributed by atoms with Gasteiger partial charge in [-0.3, -0.25) is 20.2 Å². The summed E-state index contributed by atoms with van der Waals surface area (Å²) in [5.74, 6) is -0.341. The molecule has 0 fully saturated rings. The van der Waals surface area contributed by atoms with Gasteiger partial charge < -0.3 is 9.84 Å². The van der Waals surface area contributed by atoms with Crippen molar-refractivity contribution in [2.75, 3.05) is 5.32 Å². The molecule has 2 aromatic rings. The van der Waals surface area contributed by atoms with Gasteiger partial charge in [0.1, 0.15) is 23.4 Å². The molecule has 10 nitrogen and oxygen atoms in total. The Labute approximate surface area is 126 Å². The first-order chi connectivity index (χ1) is 10.5. The molecular weight excluding hydrogens is 316 g/mol. The Morgan fingerprint density at radius 3 is 2.86 bits per heavy atom. The van der Waals surface area contributed by atoms with Crippen LogP contribution in [0.3, 0.4) is 0 Å². The molecule has 114 valence electrons. The third-order valence-corrected chi connectivity index (χ3v) is 2.85. The highest BCUT2D eigenvalue weighted by Gasteiger charge is 2.22. The Hall–Kier alpha value is -3.08. The molecule has 2 bridgehead atoms. The van der Waals surface area contributed by atoms with Crippen LogP contribution in [0.2, 0.25) is 0 Å². The molecule has 0 saturated heterocycles. The predicted octanol–water partition coefficient (Wildman–Crippen LogP) is 1.68. The summed E-state index contributed by atoms with van der Waals surface area (Å²) in [6.07, 6.45) is -0.785. The maximum Gasteiger partial charge on any atom is 0.417 e. The van der Waals surface area contributed by atoms with Gasteiger partial charge in [0.05, 0.1) is 11.0 Å². The number of hydrogen-bond acceptors (Lipinski definition) is 8. The average Bonchev–Trinajstić information content (AvgIpc) is 2.79. The summed E-state index contributed by atoms with van der Waals surface area (Å²) >= 11 is 1.16. The number of amides is 1. The van der Waals surface area contributed by atoms with Crippen molar-refractivity contribution in [3.8, 4) is 5.75 Å². The zero-order valence-electron chi connectivity index (χ0n) is 10.8. The highest BCUT2D eigenvalue weighted by atomic mass is 32.1. The van der Waals surface area contributed by atoms with Crippen LogP contribution in [-0.2, 0) is 11.2 Å². The molecule has 0 unspecified atom stereocenters. The van der Waals surface area contributed by atoms with Crippen molar-refractivity contribution in [1.29, 1.82) is 0 Å². The fraction of sp³-hybridized carbons (Fsp3) is 0.0909. The number of nitrogens with zero attached hydrogens (tertiary/aromatic N) is 3. The number of carboxylic acid groups (broad SMARTS) is 1. The van der Waals surface area contributed by atoms with Gasteiger partial charge in [-0.2, -0.15) is 4.37 Å². The van der Waals surface area contributed by atoms with Crippen LogP contribution in [0.1, 0.15) is 5.82 Å². The fourth-order valence-corrected chi connectivity index (χ4v) is 1.93. The lowest BCUT2D eigenvalue weighted by molar-refractivity contribution is -0.383. The van der Waals surface area contributed by atoms with Crippen molar-refractivity contribution in [3.63, 3.8) is 0 Å². The molecule has 0 radical (unpaired) electrons. The molecule has 2 N–H and O–H groups in total. The topological polar surface area (TPSA) is 145 Å². The van der Waals surface area contributed by atoms with Crippen LogP contribution in [-0.4, -0.2) is 31.4 Å². The van der Waals surface area contributed by atoms with E-state index in [1.165, 1.54) is 23.7 Å². The Kier molecular flexibility index (Phi) is 4.58. The minimum absolute atomic E-state index is 0.0799. The summed E-state index contributed by atoms with van der Waals surface area (Å²) in [6, 6.07) is 4.12.